The quantitative estimate of drug-likeness (QED) is 0.764. The molecule has 1 amide bonds. The van der Waals surface area contributed by atoms with Crippen LogP contribution in [0.4, 0.5) is 5.69 Å². The maximum atomic E-state index is 11.2. The predicted molar refractivity (Wildman–Crippen MR) is 100 cm³/mol. The van der Waals surface area contributed by atoms with Gasteiger partial charge in [-0.15, -0.1) is 0 Å². The lowest BCUT2D eigenvalue weighted by atomic mass is 10.1. The Morgan fingerprint density at radius 3 is 2.64 bits per heavy atom. The molecule has 5 heteroatoms. The van der Waals surface area contributed by atoms with Crippen LogP contribution in [-0.2, 0) is 11.3 Å². The highest BCUT2D eigenvalue weighted by atomic mass is 16.5. The smallest absolute Gasteiger partial charge is 0.221 e. The molecule has 0 aromatic heterocycles. The van der Waals surface area contributed by atoms with E-state index >= 15 is 0 Å². The molecule has 0 aliphatic carbocycles. The van der Waals surface area contributed by atoms with Gasteiger partial charge < -0.3 is 20.1 Å². The number of carbonyl (C=O) groups is 1. The van der Waals surface area contributed by atoms with Gasteiger partial charge in [0.15, 0.2) is 11.5 Å². The third-order valence-electron chi connectivity index (χ3n) is 3.85. The van der Waals surface area contributed by atoms with Crippen molar-refractivity contribution in [3.05, 3.63) is 53.6 Å². The first-order chi connectivity index (χ1) is 12.0. The molecule has 25 heavy (non-hydrogen) atoms. The molecule has 2 aromatic carbocycles. The van der Waals surface area contributed by atoms with Gasteiger partial charge in [-0.3, -0.25) is 4.79 Å². The number of rotatable bonds is 8. The highest BCUT2D eigenvalue weighted by Crippen LogP contribution is 2.28. The first-order valence-corrected chi connectivity index (χ1v) is 8.44. The van der Waals surface area contributed by atoms with Gasteiger partial charge >= 0.3 is 0 Å². The van der Waals surface area contributed by atoms with Crippen molar-refractivity contribution in [2.24, 2.45) is 0 Å². The molecule has 0 spiro atoms. The molecule has 1 unspecified atom stereocenters. The molecule has 2 aromatic rings. The third-order valence-corrected chi connectivity index (χ3v) is 3.85. The number of amides is 1. The van der Waals surface area contributed by atoms with E-state index in [0.29, 0.717) is 13.2 Å². The summed E-state index contributed by atoms with van der Waals surface area (Å²) in [6, 6.07) is 13.9. The van der Waals surface area contributed by atoms with E-state index < -0.39 is 0 Å². The Kier molecular flexibility index (Phi) is 6.83. The second-order valence-corrected chi connectivity index (χ2v) is 5.83. The average Bonchev–Trinajstić information content (AvgIpc) is 2.60. The average molecular weight is 342 g/mol. The number of hydrogen-bond acceptors (Lipinski definition) is 4. The van der Waals surface area contributed by atoms with Crippen LogP contribution in [0.3, 0.4) is 0 Å². The highest BCUT2D eigenvalue weighted by Gasteiger charge is 2.09. The van der Waals surface area contributed by atoms with E-state index in [-0.39, 0.29) is 11.9 Å². The predicted octanol–water partition coefficient (Wildman–Crippen LogP) is 3.90. The van der Waals surface area contributed by atoms with Crippen molar-refractivity contribution in [3.63, 3.8) is 0 Å². The topological polar surface area (TPSA) is 59.6 Å². The molecule has 0 aliphatic rings. The fourth-order valence-electron chi connectivity index (χ4n) is 2.58. The molecule has 1 atom stereocenters. The summed E-state index contributed by atoms with van der Waals surface area (Å²) in [7, 11) is 1.64. The van der Waals surface area contributed by atoms with Gasteiger partial charge in [0.25, 0.3) is 0 Å². The van der Waals surface area contributed by atoms with Crippen LogP contribution in [0.2, 0.25) is 0 Å². The van der Waals surface area contributed by atoms with Crippen molar-refractivity contribution in [1.82, 2.24) is 5.32 Å². The van der Waals surface area contributed by atoms with E-state index in [9.17, 15) is 4.79 Å². The Morgan fingerprint density at radius 2 is 1.96 bits per heavy atom. The molecular formula is C20H26N2O3. The van der Waals surface area contributed by atoms with Gasteiger partial charge in [-0.05, 0) is 49.2 Å². The molecule has 0 heterocycles. The van der Waals surface area contributed by atoms with Gasteiger partial charge in [0, 0.05) is 25.2 Å². The van der Waals surface area contributed by atoms with Crippen molar-refractivity contribution in [1.29, 1.82) is 0 Å². The lowest BCUT2D eigenvalue weighted by Gasteiger charge is -2.16. The van der Waals surface area contributed by atoms with E-state index in [1.807, 2.05) is 49.4 Å². The Hall–Kier alpha value is -2.53. The van der Waals surface area contributed by atoms with Gasteiger partial charge in [0.1, 0.15) is 0 Å². The summed E-state index contributed by atoms with van der Waals surface area (Å²) in [5, 5.41) is 6.30. The molecule has 0 fully saturated rings. The van der Waals surface area contributed by atoms with Gasteiger partial charge in [-0.25, -0.2) is 0 Å². The van der Waals surface area contributed by atoms with Crippen LogP contribution in [0, 0.1) is 0 Å². The first-order valence-electron chi connectivity index (χ1n) is 8.44. The number of anilines is 1. The first kappa shape index (κ1) is 18.8. The minimum atomic E-state index is -0.0700. The zero-order valence-corrected chi connectivity index (χ0v) is 15.3. The summed E-state index contributed by atoms with van der Waals surface area (Å²) in [6.07, 6.45) is 0. The second-order valence-electron chi connectivity index (χ2n) is 5.83. The van der Waals surface area contributed by atoms with Gasteiger partial charge in [-0.2, -0.15) is 0 Å². The maximum absolute atomic E-state index is 11.2. The zero-order valence-electron chi connectivity index (χ0n) is 15.3. The minimum Gasteiger partial charge on any atom is -0.493 e. The Balaban J connectivity index is 2.03. The van der Waals surface area contributed by atoms with Gasteiger partial charge in [-0.1, -0.05) is 18.2 Å². The van der Waals surface area contributed by atoms with Crippen LogP contribution in [0.1, 0.15) is 37.9 Å². The molecule has 0 radical (unpaired) electrons. The number of nitrogens with one attached hydrogen (secondary N) is 2. The van der Waals surface area contributed by atoms with Crippen molar-refractivity contribution >= 4 is 11.6 Å². The summed E-state index contributed by atoms with van der Waals surface area (Å²) in [4.78, 5) is 11.2. The number of ether oxygens (including phenoxy) is 2. The van der Waals surface area contributed by atoms with Crippen molar-refractivity contribution < 1.29 is 14.3 Å². The molecular weight excluding hydrogens is 316 g/mol. The molecule has 134 valence electrons. The van der Waals surface area contributed by atoms with Gasteiger partial charge in [0.2, 0.25) is 5.91 Å². The third kappa shape index (κ3) is 5.50. The van der Waals surface area contributed by atoms with Crippen LogP contribution in [0.5, 0.6) is 11.5 Å². The highest BCUT2D eigenvalue weighted by molar-refractivity contribution is 5.88. The summed E-state index contributed by atoms with van der Waals surface area (Å²) in [5.41, 5.74) is 3.04. The summed E-state index contributed by atoms with van der Waals surface area (Å²) in [5.74, 6) is 1.42. The summed E-state index contributed by atoms with van der Waals surface area (Å²) < 4.78 is 10.9. The van der Waals surface area contributed by atoms with Crippen LogP contribution in [-0.4, -0.2) is 19.6 Å². The molecule has 2 N–H and O–H groups in total. The zero-order chi connectivity index (χ0) is 18.2. The summed E-state index contributed by atoms with van der Waals surface area (Å²) >= 11 is 0. The molecule has 0 saturated carbocycles. The minimum absolute atomic E-state index is 0.0700. The Bertz CT molecular complexity index is 716. The van der Waals surface area contributed by atoms with Crippen LogP contribution < -0.4 is 20.1 Å². The number of hydrogen-bond donors (Lipinski definition) is 2. The monoisotopic (exact) mass is 342 g/mol. The maximum Gasteiger partial charge on any atom is 0.221 e. The van der Waals surface area contributed by atoms with Crippen LogP contribution in [0.25, 0.3) is 0 Å². The van der Waals surface area contributed by atoms with E-state index in [1.54, 1.807) is 7.11 Å². The van der Waals surface area contributed by atoms with E-state index in [1.165, 1.54) is 6.92 Å². The summed E-state index contributed by atoms with van der Waals surface area (Å²) in [6.45, 7) is 6.86. The Labute approximate surface area is 149 Å². The lowest BCUT2D eigenvalue weighted by Crippen LogP contribution is -2.18. The number of methoxy groups -OCH3 is 1. The van der Waals surface area contributed by atoms with Crippen molar-refractivity contribution in [2.75, 3.05) is 19.0 Å². The van der Waals surface area contributed by atoms with E-state index in [0.717, 1.165) is 28.3 Å². The van der Waals surface area contributed by atoms with Crippen molar-refractivity contribution in [3.8, 4) is 11.5 Å². The van der Waals surface area contributed by atoms with Gasteiger partial charge in [0.05, 0.1) is 13.7 Å². The molecule has 5 nitrogen and oxygen atoms in total. The normalized spacial score (nSPS) is 11.7. The standard InChI is InChI=1S/C20H26N2O3/c1-5-25-20-11-16(9-10-19(20)24-4)13-21-14(2)17-7-6-8-18(12-17)22-15(3)23/h6-12,14,21H,5,13H2,1-4H3,(H,22,23). The van der Waals surface area contributed by atoms with E-state index in [4.69, 9.17) is 9.47 Å². The fraction of sp³-hybridized carbons (Fsp3) is 0.350. The lowest BCUT2D eigenvalue weighted by molar-refractivity contribution is -0.114. The largest absolute Gasteiger partial charge is 0.493 e. The molecule has 0 bridgehead atoms. The van der Waals surface area contributed by atoms with Crippen LogP contribution >= 0.6 is 0 Å². The SMILES string of the molecule is CCOc1cc(CNC(C)c2cccc(NC(C)=O)c2)ccc1OC. The van der Waals surface area contributed by atoms with Crippen LogP contribution in [0.15, 0.2) is 42.5 Å². The molecule has 2 rings (SSSR count). The number of carbonyl (C=O) groups excluding carboxylic acids is 1. The molecule has 0 saturated heterocycles. The van der Waals surface area contributed by atoms with E-state index in [2.05, 4.69) is 17.6 Å². The van der Waals surface area contributed by atoms with Crippen molar-refractivity contribution in [2.45, 2.75) is 33.4 Å². The fourth-order valence-corrected chi connectivity index (χ4v) is 2.58. The Morgan fingerprint density at radius 1 is 1.16 bits per heavy atom. The second kappa shape index (κ2) is 9.08. The molecule has 0 aliphatic heterocycles. The number of benzene rings is 2.